The van der Waals surface area contributed by atoms with Gasteiger partial charge in [-0.2, -0.15) is 0 Å². The zero-order valence-electron chi connectivity index (χ0n) is 16.2. The van der Waals surface area contributed by atoms with Gasteiger partial charge in [-0.25, -0.2) is 18.7 Å². The number of nitrogens with one attached hydrogen (secondary N) is 2. The minimum atomic E-state index is -0.998. The molecule has 0 aliphatic heterocycles. The zero-order valence-corrected chi connectivity index (χ0v) is 16.2. The Balaban J connectivity index is 1.82. The lowest BCUT2D eigenvalue weighted by Crippen LogP contribution is -2.17. The van der Waals surface area contributed by atoms with Crippen LogP contribution in [0.2, 0.25) is 0 Å². The molecule has 8 heteroatoms. The van der Waals surface area contributed by atoms with Gasteiger partial charge in [0.15, 0.2) is 11.6 Å². The first-order valence-corrected chi connectivity index (χ1v) is 8.96. The average molecular weight is 398 g/mol. The predicted molar refractivity (Wildman–Crippen MR) is 107 cm³/mol. The normalized spacial score (nSPS) is 10.7. The summed E-state index contributed by atoms with van der Waals surface area (Å²) in [4.78, 5) is 21.1. The Kier molecular flexibility index (Phi) is 6.01. The summed E-state index contributed by atoms with van der Waals surface area (Å²) in [5, 5.41) is 5.55. The van der Waals surface area contributed by atoms with E-state index < -0.39 is 17.5 Å². The standard InChI is InChI=1S/C21H20F2N4O2/c1-12(2)29-19-7-5-4-6-17(19)26-20(28)18-10-13(3)24-21(27-18)25-14-8-9-15(22)16(23)11-14/h4-12H,1-3H3,(H,26,28)(H,24,25,27). The van der Waals surface area contributed by atoms with E-state index in [1.807, 2.05) is 19.9 Å². The van der Waals surface area contributed by atoms with Crippen LogP contribution in [0.4, 0.5) is 26.1 Å². The van der Waals surface area contributed by atoms with E-state index in [2.05, 4.69) is 20.6 Å². The van der Waals surface area contributed by atoms with E-state index in [1.165, 1.54) is 12.1 Å². The Morgan fingerprint density at radius 3 is 2.52 bits per heavy atom. The Morgan fingerprint density at radius 1 is 1.03 bits per heavy atom. The Bertz CT molecular complexity index is 1040. The van der Waals surface area contributed by atoms with Crippen LogP contribution in [0.3, 0.4) is 0 Å². The third kappa shape index (κ3) is 5.25. The number of carbonyl (C=O) groups excluding carboxylic acids is 1. The monoisotopic (exact) mass is 398 g/mol. The number of anilines is 3. The number of aryl methyl sites for hydroxylation is 1. The third-order valence-corrected chi connectivity index (χ3v) is 3.76. The summed E-state index contributed by atoms with van der Waals surface area (Å²) in [6.45, 7) is 5.48. The van der Waals surface area contributed by atoms with Gasteiger partial charge in [0.25, 0.3) is 5.91 Å². The molecule has 29 heavy (non-hydrogen) atoms. The van der Waals surface area contributed by atoms with Crippen LogP contribution < -0.4 is 15.4 Å². The van der Waals surface area contributed by atoms with E-state index in [4.69, 9.17) is 4.74 Å². The first-order valence-electron chi connectivity index (χ1n) is 8.96. The van der Waals surface area contributed by atoms with Crippen LogP contribution in [0.5, 0.6) is 5.75 Å². The molecular weight excluding hydrogens is 378 g/mol. The average Bonchev–Trinajstić information content (AvgIpc) is 2.65. The second kappa shape index (κ2) is 8.64. The van der Waals surface area contributed by atoms with Crippen molar-refractivity contribution in [3.63, 3.8) is 0 Å². The lowest BCUT2D eigenvalue weighted by atomic mass is 10.2. The predicted octanol–water partition coefficient (Wildman–Crippen LogP) is 4.85. The molecule has 0 aliphatic rings. The van der Waals surface area contributed by atoms with Gasteiger partial charge in [-0.1, -0.05) is 12.1 Å². The van der Waals surface area contributed by atoms with Crippen LogP contribution in [0, 0.1) is 18.6 Å². The number of rotatable bonds is 6. The van der Waals surface area contributed by atoms with Crippen molar-refractivity contribution in [2.75, 3.05) is 10.6 Å². The van der Waals surface area contributed by atoms with Crippen LogP contribution in [0.1, 0.15) is 30.0 Å². The lowest BCUT2D eigenvalue weighted by Gasteiger charge is -2.15. The van der Waals surface area contributed by atoms with Crippen molar-refractivity contribution in [2.45, 2.75) is 26.9 Å². The maximum Gasteiger partial charge on any atom is 0.274 e. The molecule has 1 heterocycles. The number of benzene rings is 2. The molecule has 0 aliphatic carbocycles. The third-order valence-electron chi connectivity index (χ3n) is 3.76. The van der Waals surface area contributed by atoms with E-state index in [9.17, 15) is 13.6 Å². The molecule has 1 amide bonds. The highest BCUT2D eigenvalue weighted by Crippen LogP contribution is 2.25. The molecule has 0 unspecified atom stereocenters. The number of nitrogens with zero attached hydrogens (tertiary/aromatic N) is 2. The summed E-state index contributed by atoms with van der Waals surface area (Å²) in [5.74, 6) is -1.77. The maximum atomic E-state index is 13.4. The molecule has 0 bridgehead atoms. The molecule has 150 valence electrons. The van der Waals surface area contributed by atoms with E-state index in [-0.39, 0.29) is 23.4 Å². The quantitative estimate of drug-likeness (QED) is 0.621. The van der Waals surface area contributed by atoms with Gasteiger partial charge in [0.05, 0.1) is 11.8 Å². The highest BCUT2D eigenvalue weighted by molar-refractivity contribution is 6.03. The Hall–Kier alpha value is -3.55. The molecule has 3 rings (SSSR count). The number of ether oxygens (including phenoxy) is 1. The fourth-order valence-corrected chi connectivity index (χ4v) is 2.56. The number of hydrogen-bond acceptors (Lipinski definition) is 5. The van der Waals surface area contributed by atoms with Crippen molar-refractivity contribution >= 4 is 23.2 Å². The first-order chi connectivity index (χ1) is 13.8. The first kappa shape index (κ1) is 20.2. The maximum absolute atomic E-state index is 13.4. The number of hydrogen-bond donors (Lipinski definition) is 2. The van der Waals surface area contributed by atoms with Crippen LogP contribution in [-0.2, 0) is 0 Å². The second-order valence-corrected chi connectivity index (χ2v) is 6.59. The van der Waals surface area contributed by atoms with Gasteiger partial charge in [-0.3, -0.25) is 4.79 Å². The highest BCUT2D eigenvalue weighted by Gasteiger charge is 2.14. The largest absolute Gasteiger partial charge is 0.489 e. The second-order valence-electron chi connectivity index (χ2n) is 6.59. The summed E-state index contributed by atoms with van der Waals surface area (Å²) < 4.78 is 32.2. The Labute approximate surface area is 167 Å². The number of para-hydroxylation sites is 2. The number of amides is 1. The van der Waals surface area contributed by atoms with Crippen molar-refractivity contribution in [1.29, 1.82) is 0 Å². The molecule has 0 saturated heterocycles. The fraction of sp³-hybridized carbons (Fsp3) is 0.190. The van der Waals surface area contributed by atoms with E-state index in [0.29, 0.717) is 17.1 Å². The molecule has 0 radical (unpaired) electrons. The van der Waals surface area contributed by atoms with E-state index >= 15 is 0 Å². The van der Waals surface area contributed by atoms with Crippen LogP contribution in [0.15, 0.2) is 48.5 Å². The van der Waals surface area contributed by atoms with Crippen molar-refractivity contribution in [3.8, 4) is 5.75 Å². The molecule has 3 aromatic rings. The highest BCUT2D eigenvalue weighted by atomic mass is 19.2. The SMILES string of the molecule is Cc1cc(C(=O)Nc2ccccc2OC(C)C)nc(Nc2ccc(F)c(F)c2)n1. The molecule has 0 spiro atoms. The van der Waals surface area contributed by atoms with Crippen LogP contribution >= 0.6 is 0 Å². The van der Waals surface area contributed by atoms with Crippen molar-refractivity contribution in [2.24, 2.45) is 0 Å². The van der Waals surface area contributed by atoms with Gasteiger partial charge in [0.2, 0.25) is 5.95 Å². The van der Waals surface area contributed by atoms with Crippen molar-refractivity contribution < 1.29 is 18.3 Å². The van der Waals surface area contributed by atoms with Gasteiger partial charge in [0.1, 0.15) is 11.4 Å². The fourth-order valence-electron chi connectivity index (χ4n) is 2.56. The lowest BCUT2D eigenvalue weighted by molar-refractivity contribution is 0.102. The molecule has 6 nitrogen and oxygen atoms in total. The van der Waals surface area contributed by atoms with Crippen molar-refractivity contribution in [1.82, 2.24) is 9.97 Å². The van der Waals surface area contributed by atoms with Crippen molar-refractivity contribution in [3.05, 3.63) is 71.6 Å². The number of halogens is 2. The molecule has 1 aromatic heterocycles. The number of carbonyl (C=O) groups is 1. The van der Waals surface area contributed by atoms with Gasteiger partial charge in [-0.05, 0) is 51.1 Å². The zero-order chi connectivity index (χ0) is 21.0. The minimum absolute atomic E-state index is 0.0544. The molecule has 0 fully saturated rings. The van der Waals surface area contributed by atoms with Gasteiger partial charge in [-0.15, -0.1) is 0 Å². The van der Waals surface area contributed by atoms with Gasteiger partial charge < -0.3 is 15.4 Å². The minimum Gasteiger partial charge on any atom is -0.489 e. The van der Waals surface area contributed by atoms with Gasteiger partial charge in [0, 0.05) is 17.4 Å². The number of aromatic nitrogens is 2. The molecule has 0 saturated carbocycles. The summed E-state index contributed by atoms with van der Waals surface area (Å²) in [6, 6.07) is 11.9. The summed E-state index contributed by atoms with van der Waals surface area (Å²) in [6.07, 6.45) is -0.0544. The van der Waals surface area contributed by atoms with Gasteiger partial charge >= 0.3 is 0 Å². The summed E-state index contributed by atoms with van der Waals surface area (Å²) in [7, 11) is 0. The van der Waals surface area contributed by atoms with Crippen LogP contribution in [0.25, 0.3) is 0 Å². The smallest absolute Gasteiger partial charge is 0.274 e. The molecule has 0 atom stereocenters. The summed E-state index contributed by atoms with van der Waals surface area (Å²) in [5.41, 5.74) is 1.41. The molecule has 2 aromatic carbocycles. The Morgan fingerprint density at radius 2 is 1.79 bits per heavy atom. The summed E-state index contributed by atoms with van der Waals surface area (Å²) >= 11 is 0. The van der Waals surface area contributed by atoms with E-state index in [0.717, 1.165) is 12.1 Å². The molecular formula is C21H20F2N4O2. The van der Waals surface area contributed by atoms with Crippen LogP contribution in [-0.4, -0.2) is 22.0 Å². The molecule has 2 N–H and O–H groups in total. The topological polar surface area (TPSA) is 76.1 Å². The van der Waals surface area contributed by atoms with E-state index in [1.54, 1.807) is 25.1 Å².